The van der Waals surface area contributed by atoms with Crippen molar-refractivity contribution in [3.05, 3.63) is 0 Å². The minimum Gasteiger partial charge on any atom is -0.379 e. The fraction of sp³-hybridized carbons (Fsp3) is 0.943. The van der Waals surface area contributed by atoms with Gasteiger partial charge in [-0.15, -0.1) is 0 Å². The highest BCUT2D eigenvalue weighted by Crippen LogP contribution is 2.16. The van der Waals surface area contributed by atoms with Gasteiger partial charge in [-0.1, -0.05) is 34.6 Å². The summed E-state index contributed by atoms with van der Waals surface area (Å²) in [4.78, 5) is 23.2. The molecular formula is C35H69NO14. The summed E-state index contributed by atoms with van der Waals surface area (Å²) in [6, 6.07) is 0. The maximum Gasteiger partial charge on any atom is 0.222 e. The lowest BCUT2D eigenvalue weighted by molar-refractivity contribution is -0.127. The van der Waals surface area contributed by atoms with Gasteiger partial charge in [-0.3, -0.25) is 9.59 Å². The largest absolute Gasteiger partial charge is 0.379 e. The summed E-state index contributed by atoms with van der Waals surface area (Å²) in [6.45, 7) is 21.6. The van der Waals surface area contributed by atoms with Crippen molar-refractivity contribution in [3.8, 4) is 0 Å². The van der Waals surface area contributed by atoms with Gasteiger partial charge < -0.3 is 62.2 Å². The van der Waals surface area contributed by atoms with Gasteiger partial charge in [0.25, 0.3) is 0 Å². The molecule has 1 amide bonds. The highest BCUT2D eigenvalue weighted by atomic mass is 16.6. The van der Waals surface area contributed by atoms with Gasteiger partial charge in [0.1, 0.15) is 5.78 Å². The first-order valence-corrected chi connectivity index (χ1v) is 18.0. The summed E-state index contributed by atoms with van der Waals surface area (Å²) in [5, 5.41) is 2.79. The van der Waals surface area contributed by atoms with Crippen molar-refractivity contribution in [2.75, 3.05) is 165 Å². The van der Waals surface area contributed by atoms with Gasteiger partial charge in [-0.2, -0.15) is 0 Å². The van der Waals surface area contributed by atoms with E-state index in [4.69, 9.17) is 56.8 Å². The number of rotatable bonds is 40. The Morgan fingerprint density at radius 2 is 0.620 bits per heavy atom. The molecule has 0 saturated heterocycles. The van der Waals surface area contributed by atoms with Crippen molar-refractivity contribution in [1.29, 1.82) is 0 Å². The van der Waals surface area contributed by atoms with E-state index in [9.17, 15) is 9.59 Å². The van der Waals surface area contributed by atoms with E-state index < -0.39 is 0 Å². The quantitative estimate of drug-likeness (QED) is 0.0914. The Morgan fingerprint density at radius 1 is 0.400 bits per heavy atom. The van der Waals surface area contributed by atoms with Crippen molar-refractivity contribution in [1.82, 2.24) is 5.32 Å². The number of carbonyl (C=O) groups is 2. The van der Waals surface area contributed by atoms with E-state index in [-0.39, 0.29) is 23.0 Å². The molecule has 0 rings (SSSR count). The molecule has 0 heterocycles. The monoisotopic (exact) mass is 727 g/mol. The second-order valence-corrected chi connectivity index (χ2v) is 12.2. The zero-order valence-corrected chi connectivity index (χ0v) is 31.7. The van der Waals surface area contributed by atoms with Crippen LogP contribution in [0.15, 0.2) is 0 Å². The van der Waals surface area contributed by atoms with Crippen molar-refractivity contribution in [2.45, 2.75) is 41.0 Å². The van der Waals surface area contributed by atoms with Gasteiger partial charge >= 0.3 is 0 Å². The molecule has 0 atom stereocenters. The highest BCUT2D eigenvalue weighted by molar-refractivity contribution is 5.83. The molecule has 15 heteroatoms. The van der Waals surface area contributed by atoms with Crippen LogP contribution in [0.5, 0.6) is 0 Å². The van der Waals surface area contributed by atoms with Crippen LogP contribution in [0, 0.1) is 11.3 Å². The fourth-order valence-corrected chi connectivity index (χ4v) is 3.51. The van der Waals surface area contributed by atoms with Crippen LogP contribution in [0.3, 0.4) is 0 Å². The molecule has 1 N–H and O–H groups in total. The Bertz CT molecular complexity index is 739. The van der Waals surface area contributed by atoms with Gasteiger partial charge in [0.2, 0.25) is 5.91 Å². The Morgan fingerprint density at radius 3 is 0.840 bits per heavy atom. The van der Waals surface area contributed by atoms with Crippen LogP contribution < -0.4 is 5.32 Å². The maximum atomic E-state index is 11.8. The van der Waals surface area contributed by atoms with Crippen molar-refractivity contribution < 1.29 is 66.4 Å². The molecule has 0 bridgehead atoms. The molecule has 15 nitrogen and oxygen atoms in total. The predicted molar refractivity (Wildman–Crippen MR) is 187 cm³/mol. The first kappa shape index (κ1) is 48.7. The number of ether oxygens (including phenoxy) is 12. The van der Waals surface area contributed by atoms with Crippen molar-refractivity contribution in [2.24, 2.45) is 11.3 Å². The van der Waals surface area contributed by atoms with E-state index in [1.165, 1.54) is 0 Å². The zero-order valence-electron chi connectivity index (χ0n) is 31.7. The molecule has 0 radical (unpaired) electrons. The fourth-order valence-electron chi connectivity index (χ4n) is 3.51. The first-order chi connectivity index (χ1) is 24.2. The number of amides is 1. The lowest BCUT2D eigenvalue weighted by atomic mass is 9.89. The first-order valence-electron chi connectivity index (χ1n) is 18.0. The van der Waals surface area contributed by atoms with Crippen molar-refractivity contribution >= 4 is 11.7 Å². The van der Waals surface area contributed by atoms with E-state index in [0.717, 1.165) is 0 Å². The minimum atomic E-state index is -0.317. The lowest BCUT2D eigenvalue weighted by Crippen LogP contribution is -2.31. The molecule has 298 valence electrons. The summed E-state index contributed by atoms with van der Waals surface area (Å²) in [6.07, 6.45) is 0.429. The molecule has 0 aliphatic heterocycles. The molecule has 0 aromatic rings. The number of carbonyl (C=O) groups excluding carboxylic acids is 2. The van der Waals surface area contributed by atoms with E-state index in [0.29, 0.717) is 172 Å². The SMILES string of the molecule is CC(C)C(=O)NCCOCCOCCOCCOCCOCCOCCOCCOCCOCCOCCOCCOCCC(=O)C(C)(C)C. The maximum absolute atomic E-state index is 11.8. The second kappa shape index (κ2) is 37.4. The summed E-state index contributed by atoms with van der Waals surface area (Å²) in [5.41, 5.74) is -0.317. The van der Waals surface area contributed by atoms with E-state index in [1.54, 1.807) is 0 Å². The number of ketones is 1. The molecular weight excluding hydrogens is 658 g/mol. The summed E-state index contributed by atoms with van der Waals surface area (Å²) in [5.74, 6) is 0.211. The van der Waals surface area contributed by atoms with Gasteiger partial charge in [-0.05, 0) is 0 Å². The molecule has 0 aromatic carbocycles. The van der Waals surface area contributed by atoms with Gasteiger partial charge in [-0.25, -0.2) is 0 Å². The Hall–Kier alpha value is -1.34. The predicted octanol–water partition coefficient (Wildman–Crippen LogP) is 1.96. The van der Waals surface area contributed by atoms with Gasteiger partial charge in [0.15, 0.2) is 0 Å². The summed E-state index contributed by atoms with van der Waals surface area (Å²) in [7, 11) is 0. The molecule has 0 fully saturated rings. The molecule has 0 aliphatic rings. The zero-order chi connectivity index (χ0) is 36.8. The Balaban J connectivity index is 3.11. The van der Waals surface area contributed by atoms with Crippen LogP contribution in [0.25, 0.3) is 0 Å². The topological polar surface area (TPSA) is 157 Å². The van der Waals surface area contributed by atoms with Crippen LogP contribution in [0.1, 0.15) is 41.0 Å². The average molecular weight is 728 g/mol. The molecule has 0 unspecified atom stereocenters. The molecule has 0 spiro atoms. The normalized spacial score (nSPS) is 11.9. The van der Waals surface area contributed by atoms with E-state index >= 15 is 0 Å². The number of nitrogens with one attached hydrogen (secondary N) is 1. The smallest absolute Gasteiger partial charge is 0.222 e. The summed E-state index contributed by atoms with van der Waals surface area (Å²) >= 11 is 0. The van der Waals surface area contributed by atoms with E-state index in [1.807, 2.05) is 34.6 Å². The third-order valence-corrected chi connectivity index (χ3v) is 6.47. The number of Topliss-reactive ketones (excluding diaryl/α,β-unsaturated/α-hetero) is 1. The van der Waals surface area contributed by atoms with Crippen LogP contribution in [0.4, 0.5) is 0 Å². The summed E-state index contributed by atoms with van der Waals surface area (Å²) < 4.78 is 65.5. The number of hydrogen-bond donors (Lipinski definition) is 1. The molecule has 0 aliphatic carbocycles. The molecule has 50 heavy (non-hydrogen) atoms. The second-order valence-electron chi connectivity index (χ2n) is 12.2. The lowest BCUT2D eigenvalue weighted by Gasteiger charge is -2.16. The van der Waals surface area contributed by atoms with Crippen LogP contribution in [0.2, 0.25) is 0 Å². The van der Waals surface area contributed by atoms with Gasteiger partial charge in [0.05, 0.1) is 159 Å². The standard InChI is InChI=1S/C35H69NO14/c1-32(2)34(38)36-7-9-40-11-13-42-15-17-44-19-21-46-23-25-48-27-29-50-31-30-49-28-26-47-24-22-45-20-18-43-16-14-41-12-10-39-8-6-33(37)35(3,4)5/h32H,6-31H2,1-5H3,(H,36,38). The minimum absolute atomic E-state index is 0.0170. The molecule has 0 aromatic heterocycles. The van der Waals surface area contributed by atoms with Crippen LogP contribution in [-0.2, 0) is 66.4 Å². The van der Waals surface area contributed by atoms with Crippen LogP contribution >= 0.6 is 0 Å². The number of hydrogen-bond acceptors (Lipinski definition) is 14. The highest BCUT2D eigenvalue weighted by Gasteiger charge is 2.20. The Kier molecular flexibility index (Phi) is 36.4. The third kappa shape index (κ3) is 37.9. The Labute approximate surface area is 300 Å². The third-order valence-electron chi connectivity index (χ3n) is 6.47. The van der Waals surface area contributed by atoms with Crippen molar-refractivity contribution in [3.63, 3.8) is 0 Å². The average Bonchev–Trinajstić information content (AvgIpc) is 3.08. The van der Waals surface area contributed by atoms with E-state index in [2.05, 4.69) is 5.32 Å². The molecule has 0 saturated carbocycles. The van der Waals surface area contributed by atoms with Crippen LogP contribution in [-0.4, -0.2) is 177 Å². The van der Waals surface area contributed by atoms with Gasteiger partial charge in [0, 0.05) is 24.3 Å².